The van der Waals surface area contributed by atoms with E-state index in [2.05, 4.69) is 10.1 Å². The lowest BCUT2D eigenvalue weighted by atomic mass is 10.1. The number of carbonyl (C=O) groups excluding carboxylic acids is 2. The Morgan fingerprint density at radius 1 is 1.50 bits per heavy atom. The van der Waals surface area contributed by atoms with Crippen molar-refractivity contribution < 1.29 is 18.7 Å². The van der Waals surface area contributed by atoms with Gasteiger partial charge in [-0.3, -0.25) is 4.79 Å². The van der Waals surface area contributed by atoms with Crippen LogP contribution in [-0.4, -0.2) is 25.0 Å². The fourth-order valence-electron chi connectivity index (χ4n) is 1.46. The maximum Gasteiger partial charge on any atom is 0.341 e. The summed E-state index contributed by atoms with van der Waals surface area (Å²) in [5, 5.41) is 10.7. The van der Waals surface area contributed by atoms with E-state index in [9.17, 15) is 14.0 Å². The number of carbonyl (C=O) groups is 2. The third-order valence-corrected chi connectivity index (χ3v) is 2.39. The Hall–Kier alpha value is -2.62. The summed E-state index contributed by atoms with van der Waals surface area (Å²) >= 11 is 0. The Labute approximate surface area is 115 Å². The van der Waals surface area contributed by atoms with Crippen LogP contribution in [0.15, 0.2) is 12.1 Å². The quantitative estimate of drug-likeness (QED) is 0.473. The first-order valence-electron chi connectivity index (χ1n) is 5.82. The second kappa shape index (κ2) is 7.09. The van der Waals surface area contributed by atoms with Crippen LogP contribution in [0.5, 0.6) is 0 Å². The van der Waals surface area contributed by atoms with Crippen LogP contribution in [0.2, 0.25) is 0 Å². The van der Waals surface area contributed by atoms with Gasteiger partial charge in [-0.2, -0.15) is 5.26 Å². The lowest BCUT2D eigenvalue weighted by Crippen LogP contribution is -2.29. The number of nitrogens with one attached hydrogen (secondary N) is 1. The molecule has 0 heterocycles. The Balaban J connectivity index is 2.60. The Bertz CT molecular complexity index is 567. The number of aryl methyl sites for hydroxylation is 1. The molecule has 0 unspecified atom stereocenters. The predicted molar refractivity (Wildman–Crippen MR) is 69.1 cm³/mol. The summed E-state index contributed by atoms with van der Waals surface area (Å²) < 4.78 is 18.4. The molecule has 0 atom stereocenters. The number of nitrogens with two attached hydrogens (primary N) is 1. The van der Waals surface area contributed by atoms with Gasteiger partial charge in [0, 0.05) is 12.2 Å². The molecular formula is C13H14FN3O3. The van der Waals surface area contributed by atoms with E-state index in [0.717, 1.165) is 6.07 Å². The van der Waals surface area contributed by atoms with Crippen LogP contribution in [0.1, 0.15) is 22.3 Å². The van der Waals surface area contributed by atoms with Crippen molar-refractivity contribution >= 4 is 17.6 Å². The zero-order valence-electron chi connectivity index (χ0n) is 10.9. The van der Waals surface area contributed by atoms with Gasteiger partial charge in [0.15, 0.2) is 6.61 Å². The summed E-state index contributed by atoms with van der Waals surface area (Å²) in [5.41, 5.74) is 5.65. The highest BCUT2D eigenvalue weighted by Gasteiger charge is 2.17. The van der Waals surface area contributed by atoms with Crippen molar-refractivity contribution in [2.45, 2.75) is 13.3 Å². The number of hydrogen-bond donors (Lipinski definition) is 2. The van der Waals surface area contributed by atoms with Gasteiger partial charge in [0.1, 0.15) is 5.82 Å². The molecule has 3 N–H and O–H groups in total. The van der Waals surface area contributed by atoms with Gasteiger partial charge in [-0.15, -0.1) is 0 Å². The van der Waals surface area contributed by atoms with Crippen LogP contribution >= 0.6 is 0 Å². The number of rotatable bonds is 5. The van der Waals surface area contributed by atoms with Gasteiger partial charge in [0.25, 0.3) is 5.91 Å². The van der Waals surface area contributed by atoms with Crippen molar-refractivity contribution in [2.24, 2.45) is 0 Å². The highest BCUT2D eigenvalue weighted by molar-refractivity contribution is 5.92. The van der Waals surface area contributed by atoms with Crippen LogP contribution < -0.4 is 11.1 Å². The molecule has 0 aromatic heterocycles. The Morgan fingerprint density at radius 3 is 2.85 bits per heavy atom. The van der Waals surface area contributed by atoms with E-state index in [-0.39, 0.29) is 29.8 Å². The summed E-state index contributed by atoms with van der Waals surface area (Å²) in [6, 6.07) is 4.39. The molecule has 0 bridgehead atoms. The van der Waals surface area contributed by atoms with Crippen molar-refractivity contribution in [3.8, 4) is 6.07 Å². The minimum absolute atomic E-state index is 0.155. The average Bonchev–Trinajstić information content (AvgIpc) is 2.40. The maximum atomic E-state index is 13.7. The van der Waals surface area contributed by atoms with E-state index in [1.54, 1.807) is 0 Å². The standard InChI is InChI=1S/C13H14FN3O3/c1-8-5-9(16)6-10(12(8)14)13(19)20-7-11(18)17-4-2-3-15/h5-6H,2,4,7,16H2,1H3,(H,17,18). The van der Waals surface area contributed by atoms with Gasteiger partial charge in [-0.1, -0.05) is 0 Å². The number of benzene rings is 1. The van der Waals surface area contributed by atoms with Crippen LogP contribution in [0.4, 0.5) is 10.1 Å². The van der Waals surface area contributed by atoms with Gasteiger partial charge < -0.3 is 15.8 Å². The third-order valence-electron chi connectivity index (χ3n) is 2.39. The lowest BCUT2D eigenvalue weighted by Gasteiger charge is -2.08. The fourth-order valence-corrected chi connectivity index (χ4v) is 1.46. The van der Waals surface area contributed by atoms with Gasteiger partial charge in [0.2, 0.25) is 0 Å². The molecule has 0 fully saturated rings. The maximum absolute atomic E-state index is 13.7. The number of amides is 1. The van der Waals surface area contributed by atoms with Crippen LogP contribution in [-0.2, 0) is 9.53 Å². The molecule has 0 aliphatic carbocycles. The molecule has 0 aliphatic rings. The van der Waals surface area contributed by atoms with Gasteiger partial charge in [-0.05, 0) is 24.6 Å². The van der Waals surface area contributed by atoms with E-state index in [4.69, 9.17) is 11.0 Å². The van der Waals surface area contributed by atoms with Crippen LogP contribution in [0, 0.1) is 24.1 Å². The molecule has 0 saturated heterocycles. The van der Waals surface area contributed by atoms with Crippen molar-refractivity contribution in [3.05, 3.63) is 29.1 Å². The van der Waals surface area contributed by atoms with Gasteiger partial charge in [0.05, 0.1) is 18.1 Å². The summed E-state index contributed by atoms with van der Waals surface area (Å²) in [7, 11) is 0. The third kappa shape index (κ3) is 4.24. The van der Waals surface area contributed by atoms with E-state index >= 15 is 0 Å². The number of nitriles is 1. The molecule has 0 aliphatic heterocycles. The SMILES string of the molecule is Cc1cc(N)cc(C(=O)OCC(=O)NCCC#N)c1F. The van der Waals surface area contributed by atoms with E-state index in [1.165, 1.54) is 13.0 Å². The van der Waals surface area contributed by atoms with E-state index in [1.807, 2.05) is 6.07 Å². The molecule has 6 nitrogen and oxygen atoms in total. The summed E-state index contributed by atoms with van der Waals surface area (Å²) in [4.78, 5) is 22.9. The molecule has 1 rings (SSSR count). The number of ether oxygens (including phenoxy) is 1. The topological polar surface area (TPSA) is 105 Å². The average molecular weight is 279 g/mol. The number of hydrogen-bond acceptors (Lipinski definition) is 5. The highest BCUT2D eigenvalue weighted by atomic mass is 19.1. The second-order valence-electron chi connectivity index (χ2n) is 4.03. The van der Waals surface area contributed by atoms with Crippen LogP contribution in [0.25, 0.3) is 0 Å². The second-order valence-corrected chi connectivity index (χ2v) is 4.03. The number of esters is 1. The predicted octanol–water partition coefficient (Wildman–Crippen LogP) is 0.903. The first kappa shape index (κ1) is 15.4. The fraction of sp³-hybridized carbons (Fsp3) is 0.308. The zero-order valence-corrected chi connectivity index (χ0v) is 10.9. The number of nitrogens with zero attached hydrogens (tertiary/aromatic N) is 1. The monoisotopic (exact) mass is 279 g/mol. The van der Waals surface area contributed by atoms with Crippen LogP contribution in [0.3, 0.4) is 0 Å². The molecule has 1 aromatic rings. The summed E-state index contributed by atoms with van der Waals surface area (Å²) in [5.74, 6) is -2.25. The first-order valence-corrected chi connectivity index (χ1v) is 5.82. The molecule has 20 heavy (non-hydrogen) atoms. The number of halogens is 1. The van der Waals surface area contributed by atoms with E-state index < -0.39 is 24.3 Å². The van der Waals surface area contributed by atoms with Gasteiger partial charge in [-0.25, -0.2) is 9.18 Å². The summed E-state index contributed by atoms with van der Waals surface area (Å²) in [6.07, 6.45) is 0.155. The Morgan fingerprint density at radius 2 is 2.20 bits per heavy atom. The molecule has 0 radical (unpaired) electrons. The molecule has 1 aromatic carbocycles. The molecular weight excluding hydrogens is 265 g/mol. The molecule has 106 valence electrons. The molecule has 1 amide bonds. The minimum atomic E-state index is -0.965. The molecule has 0 saturated carbocycles. The number of anilines is 1. The molecule has 7 heteroatoms. The molecule has 0 spiro atoms. The van der Waals surface area contributed by atoms with Crippen molar-refractivity contribution in [3.63, 3.8) is 0 Å². The smallest absolute Gasteiger partial charge is 0.341 e. The lowest BCUT2D eigenvalue weighted by molar-refractivity contribution is -0.124. The van der Waals surface area contributed by atoms with E-state index in [0.29, 0.717) is 0 Å². The van der Waals surface area contributed by atoms with Crippen molar-refractivity contribution in [1.29, 1.82) is 5.26 Å². The van der Waals surface area contributed by atoms with Crippen molar-refractivity contribution in [2.75, 3.05) is 18.9 Å². The van der Waals surface area contributed by atoms with Crippen molar-refractivity contribution in [1.82, 2.24) is 5.32 Å². The van der Waals surface area contributed by atoms with Gasteiger partial charge >= 0.3 is 5.97 Å². The minimum Gasteiger partial charge on any atom is -0.452 e. The zero-order chi connectivity index (χ0) is 15.1. The highest BCUT2D eigenvalue weighted by Crippen LogP contribution is 2.17. The summed E-state index contributed by atoms with van der Waals surface area (Å²) in [6.45, 7) is 1.09. The largest absolute Gasteiger partial charge is 0.452 e. The Kier molecular flexibility index (Phi) is 5.47. The first-order chi connectivity index (χ1) is 9.45. The number of nitrogen functional groups attached to an aromatic ring is 1. The normalized spacial score (nSPS) is 9.65.